The van der Waals surface area contributed by atoms with Gasteiger partial charge in [0.25, 0.3) is 5.79 Å². The van der Waals surface area contributed by atoms with Crippen molar-refractivity contribution >= 4 is 17.7 Å². The third-order valence-electron chi connectivity index (χ3n) is 5.97. The van der Waals surface area contributed by atoms with Gasteiger partial charge in [-0.05, 0) is 11.1 Å². The minimum Gasteiger partial charge on any atom is -0.477 e. The Hall–Kier alpha value is -3.19. The zero-order valence-electron chi connectivity index (χ0n) is 18.8. The van der Waals surface area contributed by atoms with Crippen molar-refractivity contribution in [3.63, 3.8) is 0 Å². The van der Waals surface area contributed by atoms with Crippen molar-refractivity contribution in [3.05, 3.63) is 60.2 Å². The monoisotopic (exact) mass is 488 g/mol. The van der Waals surface area contributed by atoms with Gasteiger partial charge in [-0.25, -0.2) is 4.79 Å². The van der Waals surface area contributed by atoms with Gasteiger partial charge < -0.3 is 41.3 Å². The van der Waals surface area contributed by atoms with E-state index >= 15 is 0 Å². The third kappa shape index (κ3) is 5.56. The van der Waals surface area contributed by atoms with Crippen molar-refractivity contribution < 1.29 is 44.7 Å². The van der Waals surface area contributed by atoms with Crippen LogP contribution in [0.15, 0.2) is 54.6 Å². The summed E-state index contributed by atoms with van der Waals surface area (Å²) in [6.45, 7) is 1.10. The predicted octanol–water partition coefficient (Wildman–Crippen LogP) is -0.987. The molecule has 0 aromatic heterocycles. The van der Waals surface area contributed by atoms with Crippen LogP contribution < -0.4 is 11.1 Å². The van der Waals surface area contributed by atoms with Crippen LogP contribution in [-0.4, -0.2) is 85.5 Å². The van der Waals surface area contributed by atoms with Gasteiger partial charge in [-0.2, -0.15) is 0 Å². The summed E-state index contributed by atoms with van der Waals surface area (Å²) in [7, 11) is 0. The van der Waals surface area contributed by atoms with Crippen LogP contribution in [0.5, 0.6) is 0 Å². The van der Waals surface area contributed by atoms with E-state index in [9.17, 15) is 39.9 Å². The largest absolute Gasteiger partial charge is 0.477 e. The highest BCUT2D eigenvalue weighted by Gasteiger charge is 2.59. The van der Waals surface area contributed by atoms with Crippen LogP contribution in [-0.2, 0) is 14.3 Å². The maximum atomic E-state index is 12.7. The molecule has 3 rings (SSSR count). The molecule has 2 unspecified atom stereocenters. The maximum absolute atomic E-state index is 12.7. The molecule has 8 N–H and O–H groups in total. The summed E-state index contributed by atoms with van der Waals surface area (Å²) in [5, 5.41) is 53.6. The average Bonchev–Trinajstić information content (AvgIpc) is 2.84. The molecular formula is C24H28N2O9. The molecule has 35 heavy (non-hydrogen) atoms. The fourth-order valence-electron chi connectivity index (χ4n) is 4.01. The van der Waals surface area contributed by atoms with Gasteiger partial charge >= 0.3 is 5.97 Å². The molecule has 1 aliphatic rings. The lowest BCUT2D eigenvalue weighted by Crippen LogP contribution is -2.75. The summed E-state index contributed by atoms with van der Waals surface area (Å²) < 4.78 is 5.10. The number of rotatable bonds is 8. The number of aliphatic carboxylic acids is 1. The minimum absolute atomic E-state index is 0.253. The van der Waals surface area contributed by atoms with Crippen molar-refractivity contribution in [2.24, 2.45) is 5.73 Å². The second kappa shape index (κ2) is 10.6. The number of hydrogen-bond donors (Lipinski definition) is 7. The molecular weight excluding hydrogens is 460 g/mol. The number of Topliss-reactive ketones (excluding diaryl/α,β-unsaturated/α-hetero) is 1. The number of aliphatic hydroxyl groups is 4. The van der Waals surface area contributed by atoms with Crippen LogP contribution >= 0.6 is 0 Å². The second-order valence-electron chi connectivity index (χ2n) is 8.46. The lowest BCUT2D eigenvalue weighted by Gasteiger charge is -2.47. The Morgan fingerprint density at radius 1 is 1.06 bits per heavy atom. The second-order valence-corrected chi connectivity index (χ2v) is 8.46. The van der Waals surface area contributed by atoms with Crippen LogP contribution in [0.1, 0.15) is 23.7 Å². The first-order valence-corrected chi connectivity index (χ1v) is 10.8. The van der Waals surface area contributed by atoms with Crippen LogP contribution in [0, 0.1) is 0 Å². The van der Waals surface area contributed by atoms with Crippen LogP contribution in [0.25, 0.3) is 11.1 Å². The van der Waals surface area contributed by atoms with Crippen molar-refractivity contribution in [2.45, 2.75) is 55.6 Å². The number of benzene rings is 2. The minimum atomic E-state index is -3.11. The number of hydrogen-bond acceptors (Lipinski definition) is 9. The Labute approximate surface area is 200 Å². The molecule has 11 nitrogen and oxygen atoms in total. The molecule has 0 bridgehead atoms. The van der Waals surface area contributed by atoms with Gasteiger partial charge in [-0.15, -0.1) is 0 Å². The number of nitrogens with one attached hydrogen (secondary N) is 1. The number of carboxylic acid groups (broad SMARTS) is 1. The third-order valence-corrected chi connectivity index (χ3v) is 5.97. The standard InChI is InChI=1S/C24H28N2O9/c1-12(27)26-18-20(31)22(25)24(34,23(32)33)35-21(18)19(30)17(29)11-16(28)15-9-7-14(8-10-15)13-5-3-2-4-6-13/h2-10,17-22,29-31,34H,11,25H2,1H3,(H,26,27)(H,32,33)/t17-,18-,19-,20-,21-,22?,24?/m1/s1. The fraction of sp³-hybridized carbons (Fsp3) is 0.375. The SMILES string of the molecule is CC(=O)N[C@H]1[C@H]([C@H](O)[C@H](O)CC(=O)c2ccc(-c3ccccc3)cc2)OC(O)(C(=O)O)C(N)[C@@H]1O. The van der Waals surface area contributed by atoms with E-state index in [1.54, 1.807) is 24.3 Å². The first-order valence-electron chi connectivity index (χ1n) is 10.8. The van der Waals surface area contributed by atoms with Crippen molar-refractivity contribution in [1.29, 1.82) is 0 Å². The van der Waals surface area contributed by atoms with E-state index in [4.69, 9.17) is 10.5 Å². The first kappa shape index (κ1) is 26.4. The molecule has 1 amide bonds. The molecule has 1 heterocycles. The van der Waals surface area contributed by atoms with Gasteiger partial charge in [-0.1, -0.05) is 54.6 Å². The number of carbonyl (C=O) groups excluding carboxylic acids is 2. The van der Waals surface area contributed by atoms with Crippen LogP contribution in [0.2, 0.25) is 0 Å². The number of aliphatic hydroxyl groups excluding tert-OH is 3. The smallest absolute Gasteiger partial charge is 0.366 e. The van der Waals surface area contributed by atoms with Crippen LogP contribution in [0.3, 0.4) is 0 Å². The molecule has 0 aliphatic carbocycles. The van der Waals surface area contributed by atoms with Gasteiger partial charge in [0.15, 0.2) is 5.78 Å². The molecule has 0 radical (unpaired) electrons. The summed E-state index contributed by atoms with van der Waals surface area (Å²) in [4.78, 5) is 35.8. The zero-order valence-corrected chi connectivity index (χ0v) is 18.8. The quantitative estimate of drug-likeness (QED) is 0.226. The Bertz CT molecular complexity index is 1060. The van der Waals surface area contributed by atoms with Crippen molar-refractivity contribution in [2.75, 3.05) is 0 Å². The predicted molar refractivity (Wildman–Crippen MR) is 122 cm³/mol. The zero-order chi connectivity index (χ0) is 25.9. The average molecular weight is 488 g/mol. The first-order chi connectivity index (χ1) is 16.5. The number of carbonyl (C=O) groups is 3. The van der Waals surface area contributed by atoms with E-state index < -0.39 is 66.4 Å². The summed E-state index contributed by atoms with van der Waals surface area (Å²) in [6.07, 6.45) is -8.03. The van der Waals surface area contributed by atoms with Gasteiger partial charge in [0.2, 0.25) is 5.91 Å². The van der Waals surface area contributed by atoms with Crippen molar-refractivity contribution in [3.8, 4) is 11.1 Å². The molecule has 1 saturated heterocycles. The Morgan fingerprint density at radius 3 is 2.17 bits per heavy atom. The van der Waals surface area contributed by atoms with E-state index in [2.05, 4.69) is 5.32 Å². The molecule has 188 valence electrons. The molecule has 2 aromatic carbocycles. The molecule has 0 spiro atoms. The Balaban J connectivity index is 1.77. The van der Waals surface area contributed by atoms with E-state index in [1.165, 1.54) is 0 Å². The van der Waals surface area contributed by atoms with Crippen LogP contribution in [0.4, 0.5) is 0 Å². The highest BCUT2D eigenvalue weighted by Crippen LogP contribution is 2.30. The lowest BCUT2D eigenvalue weighted by atomic mass is 9.84. The molecule has 1 aliphatic heterocycles. The Morgan fingerprint density at radius 2 is 1.63 bits per heavy atom. The van der Waals surface area contributed by atoms with E-state index in [0.29, 0.717) is 0 Å². The fourth-order valence-corrected chi connectivity index (χ4v) is 4.01. The highest BCUT2D eigenvalue weighted by molar-refractivity contribution is 5.96. The lowest BCUT2D eigenvalue weighted by molar-refractivity contribution is -0.301. The van der Waals surface area contributed by atoms with Gasteiger partial charge in [0.05, 0.1) is 24.3 Å². The summed E-state index contributed by atoms with van der Waals surface area (Å²) >= 11 is 0. The van der Waals surface area contributed by atoms with E-state index in [0.717, 1.165) is 18.1 Å². The summed E-state index contributed by atoms with van der Waals surface area (Å²) in [6, 6.07) is 12.7. The summed E-state index contributed by atoms with van der Waals surface area (Å²) in [5.41, 5.74) is 7.69. The number of ether oxygens (including phenoxy) is 1. The molecule has 7 atom stereocenters. The highest BCUT2D eigenvalue weighted by atomic mass is 16.7. The molecule has 0 saturated carbocycles. The van der Waals surface area contributed by atoms with Gasteiger partial charge in [-0.3, -0.25) is 9.59 Å². The van der Waals surface area contributed by atoms with E-state index in [1.807, 2.05) is 30.3 Å². The maximum Gasteiger partial charge on any atom is 0.366 e. The number of carboxylic acids is 1. The Kier molecular flexibility index (Phi) is 8.00. The van der Waals surface area contributed by atoms with E-state index in [-0.39, 0.29) is 5.56 Å². The van der Waals surface area contributed by atoms with Gasteiger partial charge in [0, 0.05) is 18.9 Å². The topological polar surface area (TPSA) is 200 Å². The molecule has 11 heteroatoms. The van der Waals surface area contributed by atoms with Crippen molar-refractivity contribution in [1.82, 2.24) is 5.32 Å². The summed E-state index contributed by atoms with van der Waals surface area (Å²) in [5.74, 6) is -6.26. The molecule has 2 aromatic rings. The molecule has 1 fully saturated rings. The van der Waals surface area contributed by atoms with Gasteiger partial charge in [0.1, 0.15) is 12.2 Å². The normalized spacial score (nSPS) is 28.1. The number of amides is 1. The number of ketones is 1. The number of nitrogens with two attached hydrogens (primary N) is 1.